The molecule has 1 saturated carbocycles. The zero-order valence-corrected chi connectivity index (χ0v) is 13.1. The molecule has 0 bridgehead atoms. The molecule has 1 amide bonds. The second kappa shape index (κ2) is 8.37. The highest BCUT2D eigenvalue weighted by Gasteiger charge is 2.36. The van der Waals surface area contributed by atoms with E-state index in [-0.39, 0.29) is 30.8 Å². The van der Waals surface area contributed by atoms with Gasteiger partial charge in [-0.2, -0.15) is 0 Å². The molecule has 1 aliphatic rings. The Morgan fingerprint density at radius 1 is 1.29 bits per heavy atom. The molecule has 118 valence electrons. The first-order valence-corrected chi connectivity index (χ1v) is 7.39. The van der Waals surface area contributed by atoms with Crippen molar-refractivity contribution in [2.45, 2.75) is 43.6 Å². The SMILES string of the molecule is Cl.NC1(C(=O)NCC(CCO)c2ccccc2)CCCC1. The Labute approximate surface area is 132 Å². The van der Waals surface area contributed by atoms with E-state index in [1.54, 1.807) is 0 Å². The van der Waals surface area contributed by atoms with E-state index < -0.39 is 5.54 Å². The van der Waals surface area contributed by atoms with Crippen LogP contribution in [-0.2, 0) is 4.79 Å². The number of hydrogen-bond acceptors (Lipinski definition) is 3. The molecule has 0 heterocycles. The molecule has 0 aromatic heterocycles. The first kappa shape index (κ1) is 18.0. The summed E-state index contributed by atoms with van der Waals surface area (Å²) in [7, 11) is 0. The number of carbonyl (C=O) groups is 1. The van der Waals surface area contributed by atoms with Crippen molar-refractivity contribution >= 4 is 18.3 Å². The smallest absolute Gasteiger partial charge is 0.240 e. The third kappa shape index (κ3) is 4.70. The first-order valence-electron chi connectivity index (χ1n) is 7.39. The maximum atomic E-state index is 12.2. The van der Waals surface area contributed by atoms with Crippen LogP contribution in [0, 0.1) is 0 Å². The van der Waals surface area contributed by atoms with Crippen LogP contribution >= 0.6 is 12.4 Å². The third-order valence-corrected chi connectivity index (χ3v) is 4.21. The second-order valence-corrected chi connectivity index (χ2v) is 5.69. The predicted molar refractivity (Wildman–Crippen MR) is 86.5 cm³/mol. The summed E-state index contributed by atoms with van der Waals surface area (Å²) in [6, 6.07) is 9.97. The average molecular weight is 313 g/mol. The molecule has 5 heteroatoms. The molecule has 0 saturated heterocycles. The van der Waals surface area contributed by atoms with Crippen LogP contribution in [0.4, 0.5) is 0 Å². The predicted octanol–water partition coefficient (Wildman–Crippen LogP) is 1.96. The third-order valence-electron chi connectivity index (χ3n) is 4.21. The van der Waals surface area contributed by atoms with Gasteiger partial charge in [0, 0.05) is 19.1 Å². The fourth-order valence-electron chi connectivity index (χ4n) is 2.89. The van der Waals surface area contributed by atoms with Crippen molar-refractivity contribution in [2.24, 2.45) is 5.73 Å². The van der Waals surface area contributed by atoms with E-state index in [1.807, 2.05) is 30.3 Å². The molecule has 1 aliphatic carbocycles. The van der Waals surface area contributed by atoms with Gasteiger partial charge in [0.25, 0.3) is 0 Å². The Morgan fingerprint density at radius 3 is 2.48 bits per heavy atom. The number of rotatable bonds is 6. The van der Waals surface area contributed by atoms with E-state index in [0.29, 0.717) is 13.0 Å². The number of amides is 1. The van der Waals surface area contributed by atoms with Gasteiger partial charge in [-0.1, -0.05) is 43.2 Å². The van der Waals surface area contributed by atoms with Gasteiger partial charge < -0.3 is 16.2 Å². The lowest BCUT2D eigenvalue weighted by Crippen LogP contribution is -2.52. The monoisotopic (exact) mass is 312 g/mol. The molecule has 2 rings (SSSR count). The van der Waals surface area contributed by atoms with Gasteiger partial charge in [0.15, 0.2) is 0 Å². The highest BCUT2D eigenvalue weighted by Crippen LogP contribution is 2.27. The summed E-state index contributed by atoms with van der Waals surface area (Å²) in [5, 5.41) is 12.2. The minimum Gasteiger partial charge on any atom is -0.396 e. The molecule has 4 nitrogen and oxygen atoms in total. The van der Waals surface area contributed by atoms with E-state index in [9.17, 15) is 9.90 Å². The van der Waals surface area contributed by atoms with Crippen molar-refractivity contribution < 1.29 is 9.90 Å². The average Bonchev–Trinajstić information content (AvgIpc) is 2.92. The van der Waals surface area contributed by atoms with Crippen molar-refractivity contribution in [3.8, 4) is 0 Å². The standard InChI is InChI=1S/C16H24N2O2.ClH/c17-16(9-4-5-10-16)15(20)18-12-14(8-11-19)13-6-2-1-3-7-13;/h1-3,6-7,14,19H,4-5,8-12,17H2,(H,18,20);1H. The van der Waals surface area contributed by atoms with Crippen LogP contribution in [0.2, 0.25) is 0 Å². The van der Waals surface area contributed by atoms with Crippen LogP contribution in [0.1, 0.15) is 43.6 Å². The number of benzene rings is 1. The van der Waals surface area contributed by atoms with Gasteiger partial charge in [-0.05, 0) is 24.8 Å². The highest BCUT2D eigenvalue weighted by molar-refractivity contribution is 5.86. The molecule has 1 fully saturated rings. The molecule has 21 heavy (non-hydrogen) atoms. The molecule has 1 aromatic rings. The summed E-state index contributed by atoms with van der Waals surface area (Å²) in [6.07, 6.45) is 4.25. The Morgan fingerprint density at radius 2 is 1.90 bits per heavy atom. The summed E-state index contributed by atoms with van der Waals surface area (Å²) in [5.74, 6) is 0.0871. The molecule has 1 atom stereocenters. The van der Waals surface area contributed by atoms with Crippen LogP contribution in [0.15, 0.2) is 30.3 Å². The molecular weight excluding hydrogens is 288 g/mol. The van der Waals surface area contributed by atoms with Crippen LogP contribution in [0.25, 0.3) is 0 Å². The van der Waals surface area contributed by atoms with Crippen LogP contribution in [0.5, 0.6) is 0 Å². The normalized spacial score (nSPS) is 17.8. The summed E-state index contributed by atoms with van der Waals surface area (Å²) in [5.41, 5.74) is 6.60. The number of hydrogen-bond donors (Lipinski definition) is 3. The van der Waals surface area contributed by atoms with E-state index in [4.69, 9.17) is 5.73 Å². The second-order valence-electron chi connectivity index (χ2n) is 5.69. The zero-order chi connectivity index (χ0) is 14.4. The minimum absolute atomic E-state index is 0. The molecule has 4 N–H and O–H groups in total. The fourth-order valence-corrected chi connectivity index (χ4v) is 2.89. The maximum Gasteiger partial charge on any atom is 0.240 e. The number of carbonyl (C=O) groups excluding carboxylic acids is 1. The Balaban J connectivity index is 0.00000220. The van der Waals surface area contributed by atoms with E-state index in [1.165, 1.54) is 0 Å². The van der Waals surface area contributed by atoms with Crippen molar-refractivity contribution in [1.29, 1.82) is 0 Å². The van der Waals surface area contributed by atoms with Gasteiger partial charge in [-0.25, -0.2) is 0 Å². The van der Waals surface area contributed by atoms with Gasteiger partial charge in [-0.15, -0.1) is 12.4 Å². The lowest BCUT2D eigenvalue weighted by Gasteiger charge is -2.24. The Hall–Kier alpha value is -1.10. The number of halogens is 1. The van der Waals surface area contributed by atoms with Crippen molar-refractivity contribution in [3.63, 3.8) is 0 Å². The molecule has 1 unspecified atom stereocenters. The summed E-state index contributed by atoms with van der Waals surface area (Å²) in [4.78, 5) is 12.2. The van der Waals surface area contributed by atoms with Crippen molar-refractivity contribution in [1.82, 2.24) is 5.32 Å². The van der Waals surface area contributed by atoms with Crippen molar-refractivity contribution in [2.75, 3.05) is 13.2 Å². The zero-order valence-electron chi connectivity index (χ0n) is 12.3. The van der Waals surface area contributed by atoms with Crippen molar-refractivity contribution in [3.05, 3.63) is 35.9 Å². The molecule has 0 spiro atoms. The van der Waals surface area contributed by atoms with Crippen LogP contribution in [0.3, 0.4) is 0 Å². The lowest BCUT2D eigenvalue weighted by atomic mass is 9.94. The minimum atomic E-state index is -0.680. The number of aliphatic hydroxyl groups is 1. The van der Waals surface area contributed by atoms with E-state index in [0.717, 1.165) is 31.2 Å². The van der Waals surface area contributed by atoms with E-state index in [2.05, 4.69) is 5.32 Å². The first-order chi connectivity index (χ1) is 9.65. The number of aliphatic hydroxyl groups excluding tert-OH is 1. The molecule has 0 radical (unpaired) electrons. The fraction of sp³-hybridized carbons (Fsp3) is 0.562. The van der Waals surface area contributed by atoms with E-state index >= 15 is 0 Å². The number of nitrogens with two attached hydrogens (primary N) is 1. The lowest BCUT2D eigenvalue weighted by molar-refractivity contribution is -0.126. The molecule has 1 aromatic carbocycles. The molecular formula is C16H25ClN2O2. The van der Waals surface area contributed by atoms with Gasteiger partial charge in [0.1, 0.15) is 0 Å². The maximum absolute atomic E-state index is 12.2. The van der Waals surface area contributed by atoms with Gasteiger partial charge in [-0.3, -0.25) is 4.79 Å². The van der Waals surface area contributed by atoms with Crippen LogP contribution in [-0.4, -0.2) is 29.7 Å². The number of nitrogens with one attached hydrogen (secondary N) is 1. The van der Waals surface area contributed by atoms with Crippen LogP contribution < -0.4 is 11.1 Å². The quantitative estimate of drug-likeness (QED) is 0.751. The summed E-state index contributed by atoms with van der Waals surface area (Å²) < 4.78 is 0. The largest absolute Gasteiger partial charge is 0.396 e. The summed E-state index contributed by atoms with van der Waals surface area (Å²) >= 11 is 0. The Bertz CT molecular complexity index is 433. The van der Waals surface area contributed by atoms with Gasteiger partial charge in [0.05, 0.1) is 5.54 Å². The Kier molecular flexibility index (Phi) is 7.15. The van der Waals surface area contributed by atoms with Gasteiger partial charge in [0.2, 0.25) is 5.91 Å². The topological polar surface area (TPSA) is 75.4 Å². The summed E-state index contributed by atoms with van der Waals surface area (Å²) in [6.45, 7) is 0.644. The van der Waals surface area contributed by atoms with Gasteiger partial charge >= 0.3 is 0 Å². The highest BCUT2D eigenvalue weighted by atomic mass is 35.5. The molecule has 0 aliphatic heterocycles.